The molecule has 0 aromatic carbocycles. The van der Waals surface area contributed by atoms with Crippen LogP contribution in [0.1, 0.15) is 105 Å². The molecule has 2 fully saturated rings. The van der Waals surface area contributed by atoms with E-state index in [9.17, 15) is 14.4 Å². The first-order chi connectivity index (χ1) is 16.8. The first-order valence-electron chi connectivity index (χ1n) is 13.3. The van der Waals surface area contributed by atoms with Gasteiger partial charge in [0, 0.05) is 30.3 Å². The Hall–Kier alpha value is -2.15. The van der Waals surface area contributed by atoms with Gasteiger partial charge in [0.2, 0.25) is 11.8 Å². The summed E-state index contributed by atoms with van der Waals surface area (Å²) in [5, 5.41) is 3.00. The van der Waals surface area contributed by atoms with Crippen molar-refractivity contribution in [2.75, 3.05) is 18.6 Å². The molecule has 1 aromatic heterocycles. The van der Waals surface area contributed by atoms with Gasteiger partial charge in [0.05, 0.1) is 12.8 Å². The van der Waals surface area contributed by atoms with Gasteiger partial charge < -0.3 is 15.0 Å². The average Bonchev–Trinajstić information content (AvgIpc) is 3.44. The van der Waals surface area contributed by atoms with E-state index in [-0.39, 0.29) is 29.2 Å². The zero-order valence-electron chi connectivity index (χ0n) is 21.5. The average molecular weight is 501 g/mol. The highest BCUT2D eigenvalue weighted by Gasteiger charge is 2.43. The first kappa shape index (κ1) is 25.9. The minimum absolute atomic E-state index is 0.0256. The van der Waals surface area contributed by atoms with Crippen molar-refractivity contribution in [2.45, 2.75) is 96.9 Å². The first-order valence-corrected chi connectivity index (χ1v) is 14.1. The fourth-order valence-electron chi connectivity index (χ4n) is 5.91. The zero-order chi connectivity index (χ0) is 25.0. The Morgan fingerprint density at radius 1 is 1.26 bits per heavy atom. The third kappa shape index (κ3) is 5.99. The summed E-state index contributed by atoms with van der Waals surface area (Å²) in [6.07, 6.45) is 13.2. The van der Waals surface area contributed by atoms with Gasteiger partial charge in [0.25, 0.3) is 0 Å². The quantitative estimate of drug-likeness (QED) is 0.438. The van der Waals surface area contributed by atoms with Crippen LogP contribution in [0.25, 0.3) is 5.57 Å². The van der Waals surface area contributed by atoms with E-state index in [1.807, 2.05) is 4.90 Å². The number of methoxy groups -OCH3 is 1. The van der Waals surface area contributed by atoms with Crippen LogP contribution in [0.2, 0.25) is 0 Å². The molecule has 4 rings (SSSR count). The smallest absolute Gasteiger partial charge is 0.350 e. The van der Waals surface area contributed by atoms with Crippen LogP contribution in [0.15, 0.2) is 12.1 Å². The van der Waals surface area contributed by atoms with Gasteiger partial charge in [-0.25, -0.2) is 4.79 Å². The number of esters is 1. The molecule has 0 bridgehead atoms. The number of allylic oxidation sites excluding steroid dienone is 2. The molecule has 192 valence electrons. The van der Waals surface area contributed by atoms with Crippen LogP contribution in [-0.2, 0) is 14.3 Å². The number of thiophene rings is 1. The van der Waals surface area contributed by atoms with E-state index in [1.165, 1.54) is 30.4 Å². The Balaban J connectivity index is 1.64. The molecular formula is C28H40N2O4S. The van der Waals surface area contributed by atoms with Gasteiger partial charge in [-0.2, -0.15) is 0 Å². The maximum absolute atomic E-state index is 13.7. The van der Waals surface area contributed by atoms with Crippen LogP contribution >= 0.6 is 11.3 Å². The lowest BCUT2D eigenvalue weighted by molar-refractivity contribution is -0.121. The van der Waals surface area contributed by atoms with E-state index in [4.69, 9.17) is 4.74 Å². The molecule has 1 aliphatic heterocycles. The molecule has 0 atom stereocenters. The van der Waals surface area contributed by atoms with Crippen molar-refractivity contribution in [2.24, 2.45) is 11.3 Å². The lowest BCUT2D eigenvalue weighted by Gasteiger charge is -2.41. The number of ether oxygens (including phenoxy) is 1. The molecule has 2 heterocycles. The second-order valence-corrected chi connectivity index (χ2v) is 12.1. The number of hydrogen-bond acceptors (Lipinski definition) is 5. The molecule has 2 aliphatic carbocycles. The Morgan fingerprint density at radius 2 is 2.03 bits per heavy atom. The summed E-state index contributed by atoms with van der Waals surface area (Å²) in [5.41, 5.74) is 2.03. The molecule has 0 radical (unpaired) electrons. The molecule has 0 unspecified atom stereocenters. The summed E-state index contributed by atoms with van der Waals surface area (Å²) < 4.78 is 5.16. The predicted molar refractivity (Wildman–Crippen MR) is 141 cm³/mol. The van der Waals surface area contributed by atoms with Gasteiger partial charge in [-0.3, -0.25) is 9.59 Å². The normalized spacial score (nSPS) is 24.4. The van der Waals surface area contributed by atoms with Crippen molar-refractivity contribution in [3.05, 3.63) is 21.9 Å². The van der Waals surface area contributed by atoms with Crippen molar-refractivity contribution in [1.29, 1.82) is 0 Å². The van der Waals surface area contributed by atoms with Gasteiger partial charge >= 0.3 is 5.97 Å². The number of anilines is 1. The molecule has 35 heavy (non-hydrogen) atoms. The van der Waals surface area contributed by atoms with E-state index >= 15 is 0 Å². The summed E-state index contributed by atoms with van der Waals surface area (Å²) in [6, 6.07) is 2.11. The molecule has 1 saturated carbocycles. The number of rotatable bonds is 8. The van der Waals surface area contributed by atoms with E-state index in [1.54, 1.807) is 0 Å². The molecule has 2 amide bonds. The standard InChI is InChI=1S/C28H40N2O4S/c1-19(2)8-7-11-25(32)30(21-12-14-28(15-13-21)17-24(31)29-18-28)22-16-23(20-9-5-4-6-10-20)35-26(22)27(33)34-3/h9,16,19,21H,4-8,10-15,17-18H2,1-3H3,(H,29,31). The largest absolute Gasteiger partial charge is 0.465 e. The van der Waals surface area contributed by atoms with Crippen LogP contribution in [0.4, 0.5) is 5.69 Å². The van der Waals surface area contributed by atoms with Crippen LogP contribution in [0, 0.1) is 11.3 Å². The molecule has 1 saturated heterocycles. The maximum Gasteiger partial charge on any atom is 0.350 e. The highest BCUT2D eigenvalue weighted by Crippen LogP contribution is 2.45. The fraction of sp³-hybridized carbons (Fsp3) is 0.679. The summed E-state index contributed by atoms with van der Waals surface area (Å²) in [4.78, 5) is 42.1. The summed E-state index contributed by atoms with van der Waals surface area (Å²) >= 11 is 1.46. The van der Waals surface area contributed by atoms with Crippen molar-refractivity contribution in [1.82, 2.24) is 5.32 Å². The second-order valence-electron chi connectivity index (χ2n) is 11.0. The molecule has 1 N–H and O–H groups in total. The van der Waals surface area contributed by atoms with Gasteiger partial charge in [-0.15, -0.1) is 11.3 Å². The third-order valence-corrected chi connectivity index (χ3v) is 9.15. The molecule has 3 aliphatic rings. The Labute approximate surface area is 213 Å². The van der Waals surface area contributed by atoms with Crippen molar-refractivity contribution in [3.8, 4) is 0 Å². The number of carbonyl (C=O) groups excluding carboxylic acids is 3. The Bertz CT molecular complexity index is 972. The lowest BCUT2D eigenvalue weighted by Crippen LogP contribution is -2.45. The monoisotopic (exact) mass is 500 g/mol. The van der Waals surface area contributed by atoms with E-state index in [0.29, 0.717) is 23.6 Å². The van der Waals surface area contributed by atoms with E-state index in [2.05, 4.69) is 31.3 Å². The van der Waals surface area contributed by atoms with Crippen LogP contribution in [0.3, 0.4) is 0 Å². The predicted octanol–water partition coefficient (Wildman–Crippen LogP) is 6.10. The number of hydrogen-bond donors (Lipinski definition) is 1. The number of carbonyl (C=O) groups is 3. The molecule has 7 heteroatoms. The number of amides is 2. The highest BCUT2D eigenvalue weighted by atomic mass is 32.1. The van der Waals surface area contributed by atoms with E-state index in [0.717, 1.165) is 74.9 Å². The zero-order valence-corrected chi connectivity index (χ0v) is 22.3. The van der Waals surface area contributed by atoms with E-state index < -0.39 is 0 Å². The molecule has 6 nitrogen and oxygen atoms in total. The summed E-state index contributed by atoms with van der Waals surface area (Å²) in [7, 11) is 1.41. The van der Waals surface area contributed by atoms with Crippen LogP contribution in [0.5, 0.6) is 0 Å². The molecular weight excluding hydrogens is 460 g/mol. The van der Waals surface area contributed by atoms with Crippen molar-refractivity contribution in [3.63, 3.8) is 0 Å². The number of nitrogens with one attached hydrogen (secondary N) is 1. The van der Waals surface area contributed by atoms with Gasteiger partial charge in [0.15, 0.2) is 0 Å². The topological polar surface area (TPSA) is 75.7 Å². The minimum Gasteiger partial charge on any atom is -0.465 e. The fourth-order valence-corrected chi connectivity index (χ4v) is 7.05. The Morgan fingerprint density at radius 3 is 2.63 bits per heavy atom. The van der Waals surface area contributed by atoms with Gasteiger partial charge in [0.1, 0.15) is 4.88 Å². The lowest BCUT2D eigenvalue weighted by atomic mass is 9.71. The Kier molecular flexibility index (Phi) is 8.35. The van der Waals surface area contributed by atoms with Crippen molar-refractivity contribution >= 4 is 40.4 Å². The minimum atomic E-state index is -0.370. The van der Waals surface area contributed by atoms with Gasteiger partial charge in [-0.1, -0.05) is 26.3 Å². The highest BCUT2D eigenvalue weighted by molar-refractivity contribution is 7.15. The summed E-state index contributed by atoms with van der Waals surface area (Å²) in [5.74, 6) is 0.418. The van der Waals surface area contributed by atoms with Crippen LogP contribution in [-0.4, -0.2) is 37.5 Å². The van der Waals surface area contributed by atoms with Gasteiger partial charge in [-0.05, 0) is 80.8 Å². The number of nitrogens with zero attached hydrogens (tertiary/aromatic N) is 1. The van der Waals surface area contributed by atoms with Crippen LogP contribution < -0.4 is 10.2 Å². The van der Waals surface area contributed by atoms with Crippen molar-refractivity contribution < 1.29 is 19.1 Å². The SMILES string of the molecule is COC(=O)c1sc(C2=CCCCC2)cc1N(C(=O)CCCC(C)C)C1CCC2(CC1)CNC(=O)C2. The second kappa shape index (κ2) is 11.3. The molecule has 1 aromatic rings. The summed E-state index contributed by atoms with van der Waals surface area (Å²) in [6.45, 7) is 5.10. The maximum atomic E-state index is 13.7. The molecule has 1 spiro atoms. The third-order valence-electron chi connectivity index (χ3n) is 7.97.